The van der Waals surface area contributed by atoms with E-state index in [4.69, 9.17) is 0 Å². The molecule has 80 valence electrons. The smallest absolute Gasteiger partial charge is 0.111 e. The molecule has 0 fully saturated rings. The van der Waals surface area contributed by atoms with Gasteiger partial charge in [0.1, 0.15) is 5.82 Å². The minimum absolute atomic E-state index is 1.07. The van der Waals surface area contributed by atoms with Crippen LogP contribution in [0.3, 0.4) is 0 Å². The second-order valence-electron chi connectivity index (χ2n) is 4.11. The third-order valence-electron chi connectivity index (χ3n) is 3.01. The van der Waals surface area contributed by atoms with Crippen molar-refractivity contribution in [2.45, 2.75) is 19.8 Å². The first-order valence-corrected chi connectivity index (χ1v) is 5.66. The van der Waals surface area contributed by atoms with Crippen molar-refractivity contribution in [3.63, 3.8) is 0 Å². The van der Waals surface area contributed by atoms with Crippen molar-refractivity contribution in [1.29, 1.82) is 0 Å². The normalized spacial score (nSPS) is 15.4. The molecule has 2 aromatic rings. The highest BCUT2D eigenvalue weighted by atomic mass is 15.1. The maximum absolute atomic E-state index is 4.59. The van der Waals surface area contributed by atoms with E-state index in [1.54, 1.807) is 0 Å². The zero-order valence-electron chi connectivity index (χ0n) is 9.35. The van der Waals surface area contributed by atoms with Gasteiger partial charge in [0.25, 0.3) is 0 Å². The molecule has 1 aromatic carbocycles. The zero-order chi connectivity index (χ0) is 11.0. The molecule has 0 radical (unpaired) electrons. The van der Waals surface area contributed by atoms with Gasteiger partial charge in [-0.05, 0) is 38.0 Å². The average Bonchev–Trinajstić information content (AvgIpc) is 2.66. The molecule has 2 heteroatoms. The number of nitrogens with zero attached hydrogens (tertiary/aromatic N) is 2. The van der Waals surface area contributed by atoms with Crippen LogP contribution in [-0.4, -0.2) is 9.55 Å². The second kappa shape index (κ2) is 3.63. The van der Waals surface area contributed by atoms with Gasteiger partial charge >= 0.3 is 0 Å². The van der Waals surface area contributed by atoms with Crippen LogP contribution >= 0.6 is 0 Å². The molecule has 3 rings (SSSR count). The van der Waals surface area contributed by atoms with E-state index in [1.165, 1.54) is 11.2 Å². The summed E-state index contributed by atoms with van der Waals surface area (Å²) in [6.45, 7) is 2.07. The predicted molar refractivity (Wildman–Crippen MR) is 67.1 cm³/mol. The van der Waals surface area contributed by atoms with E-state index in [1.807, 2.05) is 6.07 Å². The molecule has 0 N–H and O–H groups in total. The maximum atomic E-state index is 4.59. The summed E-state index contributed by atoms with van der Waals surface area (Å²) in [6.07, 6.45) is 8.74. The molecule has 0 amide bonds. The Bertz CT molecular complexity index is 588. The Hall–Kier alpha value is -1.83. The first-order chi connectivity index (χ1) is 7.86. The lowest BCUT2D eigenvalue weighted by Gasteiger charge is -2.12. The monoisotopic (exact) mass is 210 g/mol. The molecular weight excluding hydrogens is 196 g/mol. The third kappa shape index (κ3) is 1.38. The van der Waals surface area contributed by atoms with Crippen LogP contribution in [0.5, 0.6) is 0 Å². The van der Waals surface area contributed by atoms with Crippen molar-refractivity contribution >= 4 is 16.7 Å². The van der Waals surface area contributed by atoms with E-state index in [0.717, 1.165) is 24.2 Å². The molecule has 1 aromatic heterocycles. The van der Waals surface area contributed by atoms with Gasteiger partial charge in [-0.25, -0.2) is 4.98 Å². The summed E-state index contributed by atoms with van der Waals surface area (Å²) in [5.74, 6) is 1.07. The Labute approximate surface area is 94.9 Å². The molecule has 0 aliphatic heterocycles. The van der Waals surface area contributed by atoms with E-state index in [2.05, 4.69) is 52.9 Å². The fourth-order valence-electron chi connectivity index (χ4n) is 2.29. The quantitative estimate of drug-likeness (QED) is 0.704. The fraction of sp³-hybridized carbons (Fsp3) is 0.214. The summed E-state index contributed by atoms with van der Waals surface area (Å²) in [4.78, 5) is 4.59. The summed E-state index contributed by atoms with van der Waals surface area (Å²) in [5, 5.41) is 0. The second-order valence-corrected chi connectivity index (χ2v) is 4.11. The zero-order valence-corrected chi connectivity index (χ0v) is 9.35. The Morgan fingerprint density at radius 3 is 2.94 bits per heavy atom. The SMILES string of the molecule is Cc1nc2ccccc2n1C1=CC=CCC1. The highest BCUT2D eigenvalue weighted by Gasteiger charge is 2.10. The van der Waals surface area contributed by atoms with E-state index >= 15 is 0 Å². The van der Waals surface area contributed by atoms with Crippen LogP contribution in [0.2, 0.25) is 0 Å². The Balaban J connectivity index is 2.26. The summed E-state index contributed by atoms with van der Waals surface area (Å²) in [6, 6.07) is 8.31. The number of imidazole rings is 1. The largest absolute Gasteiger partial charge is 0.300 e. The molecule has 0 bridgehead atoms. The van der Waals surface area contributed by atoms with Crippen molar-refractivity contribution in [3.05, 3.63) is 48.3 Å². The molecule has 0 spiro atoms. The van der Waals surface area contributed by atoms with Gasteiger partial charge in [-0.2, -0.15) is 0 Å². The van der Waals surface area contributed by atoms with E-state index in [-0.39, 0.29) is 0 Å². The van der Waals surface area contributed by atoms with Crippen molar-refractivity contribution in [3.8, 4) is 0 Å². The number of hydrogen-bond acceptors (Lipinski definition) is 1. The van der Waals surface area contributed by atoms with Crippen molar-refractivity contribution in [1.82, 2.24) is 9.55 Å². The number of aryl methyl sites for hydroxylation is 1. The lowest BCUT2D eigenvalue weighted by Crippen LogP contribution is -2.00. The number of allylic oxidation sites excluding steroid dienone is 4. The minimum Gasteiger partial charge on any atom is -0.300 e. The highest BCUT2D eigenvalue weighted by Crippen LogP contribution is 2.24. The lowest BCUT2D eigenvalue weighted by molar-refractivity contribution is 0.921. The number of hydrogen-bond donors (Lipinski definition) is 0. The Morgan fingerprint density at radius 2 is 2.12 bits per heavy atom. The molecular formula is C14H14N2. The Morgan fingerprint density at radius 1 is 1.25 bits per heavy atom. The molecule has 2 nitrogen and oxygen atoms in total. The standard InChI is InChI=1S/C14H14N2/c1-11-15-13-9-5-6-10-14(13)16(11)12-7-3-2-4-8-12/h2-3,5-7,9-10H,4,8H2,1H3. The highest BCUT2D eigenvalue weighted by molar-refractivity contribution is 5.80. The molecule has 0 atom stereocenters. The van der Waals surface area contributed by atoms with Gasteiger partial charge in [0.05, 0.1) is 11.0 Å². The molecule has 16 heavy (non-hydrogen) atoms. The fourth-order valence-corrected chi connectivity index (χ4v) is 2.29. The number of rotatable bonds is 1. The van der Waals surface area contributed by atoms with Gasteiger partial charge in [0, 0.05) is 5.70 Å². The molecule has 0 saturated carbocycles. The van der Waals surface area contributed by atoms with Crippen LogP contribution in [-0.2, 0) is 0 Å². The number of benzene rings is 1. The summed E-state index contributed by atoms with van der Waals surface area (Å²) < 4.78 is 2.26. The first-order valence-electron chi connectivity index (χ1n) is 5.66. The van der Waals surface area contributed by atoms with Crippen LogP contribution < -0.4 is 0 Å². The molecule has 0 unspecified atom stereocenters. The molecule has 1 aliphatic rings. The Kier molecular flexibility index (Phi) is 2.13. The molecule has 1 heterocycles. The minimum atomic E-state index is 1.07. The van der Waals surface area contributed by atoms with Crippen molar-refractivity contribution in [2.24, 2.45) is 0 Å². The van der Waals surface area contributed by atoms with Crippen LogP contribution in [0.4, 0.5) is 0 Å². The predicted octanol–water partition coefficient (Wildman–Crippen LogP) is 3.54. The van der Waals surface area contributed by atoms with Crippen LogP contribution in [0.1, 0.15) is 18.7 Å². The van der Waals surface area contributed by atoms with E-state index in [0.29, 0.717) is 0 Å². The van der Waals surface area contributed by atoms with Crippen LogP contribution in [0, 0.1) is 6.92 Å². The van der Waals surface area contributed by atoms with Crippen molar-refractivity contribution in [2.75, 3.05) is 0 Å². The van der Waals surface area contributed by atoms with Crippen LogP contribution in [0.25, 0.3) is 16.7 Å². The van der Waals surface area contributed by atoms with Crippen molar-refractivity contribution < 1.29 is 0 Å². The summed E-state index contributed by atoms with van der Waals surface area (Å²) >= 11 is 0. The first kappa shape index (κ1) is 9.40. The van der Waals surface area contributed by atoms with Gasteiger partial charge < -0.3 is 4.57 Å². The maximum Gasteiger partial charge on any atom is 0.111 e. The number of aromatic nitrogens is 2. The van der Waals surface area contributed by atoms with Gasteiger partial charge in [-0.1, -0.05) is 24.3 Å². The van der Waals surface area contributed by atoms with E-state index < -0.39 is 0 Å². The van der Waals surface area contributed by atoms with Gasteiger partial charge in [-0.3, -0.25) is 0 Å². The number of fused-ring (bicyclic) bond motifs is 1. The van der Waals surface area contributed by atoms with E-state index in [9.17, 15) is 0 Å². The lowest BCUT2D eigenvalue weighted by atomic mass is 10.1. The molecule has 1 aliphatic carbocycles. The van der Waals surface area contributed by atoms with Gasteiger partial charge in [0.2, 0.25) is 0 Å². The number of para-hydroxylation sites is 2. The van der Waals surface area contributed by atoms with Crippen LogP contribution in [0.15, 0.2) is 42.5 Å². The van der Waals surface area contributed by atoms with Gasteiger partial charge in [-0.15, -0.1) is 0 Å². The summed E-state index contributed by atoms with van der Waals surface area (Å²) in [5.41, 5.74) is 3.63. The molecule has 0 saturated heterocycles. The topological polar surface area (TPSA) is 17.8 Å². The average molecular weight is 210 g/mol. The van der Waals surface area contributed by atoms with Gasteiger partial charge in [0.15, 0.2) is 0 Å². The third-order valence-corrected chi connectivity index (χ3v) is 3.01. The summed E-state index contributed by atoms with van der Waals surface area (Å²) in [7, 11) is 0.